The Morgan fingerprint density at radius 1 is 0.886 bits per heavy atom. The summed E-state index contributed by atoms with van der Waals surface area (Å²) in [6.07, 6.45) is 5.07. The summed E-state index contributed by atoms with van der Waals surface area (Å²) in [4.78, 5) is 16.9. The minimum atomic E-state index is -0.373. The average Bonchev–Trinajstić information content (AvgIpc) is 3.51. The number of nitrogens with one attached hydrogen (secondary N) is 2. The van der Waals surface area contributed by atoms with Crippen LogP contribution in [-0.4, -0.2) is 44.4 Å². The minimum absolute atomic E-state index is 0.373. The molecule has 5 heterocycles. The summed E-state index contributed by atoms with van der Waals surface area (Å²) in [7, 11) is 3.12. The van der Waals surface area contributed by atoms with Gasteiger partial charge in [0.15, 0.2) is 0 Å². The lowest BCUT2D eigenvalue weighted by Crippen LogP contribution is -1.89. The Morgan fingerprint density at radius 3 is 2.60 bits per heavy atom. The molecular weight excluding hydrogens is 447 g/mol. The van der Waals surface area contributed by atoms with Gasteiger partial charge < -0.3 is 14.5 Å². The molecule has 0 unspecified atom stereocenters. The highest BCUT2D eigenvalue weighted by molar-refractivity contribution is 5.99. The van der Waals surface area contributed by atoms with Gasteiger partial charge in [0.1, 0.15) is 34.2 Å². The zero-order chi connectivity index (χ0) is 23.9. The van der Waals surface area contributed by atoms with Crippen LogP contribution >= 0.6 is 0 Å². The SMILES string of the molecule is COc1cncc(-c2ccc3[nH]nc(-c4cc5c(-c6cc(F)cc(OC)c6)ccnc5[nH]4)c3n2)c1. The zero-order valence-corrected chi connectivity index (χ0v) is 18.8. The van der Waals surface area contributed by atoms with Gasteiger partial charge in [0.05, 0.1) is 37.3 Å². The predicted molar refractivity (Wildman–Crippen MR) is 131 cm³/mol. The first-order valence-electron chi connectivity index (χ1n) is 10.8. The van der Waals surface area contributed by atoms with Crippen molar-refractivity contribution >= 4 is 22.1 Å². The van der Waals surface area contributed by atoms with Crippen LogP contribution in [0.5, 0.6) is 11.5 Å². The highest BCUT2D eigenvalue weighted by atomic mass is 19.1. The standard InChI is InChI=1S/C26H19FN6O2/c1-34-17-8-14(7-16(27)10-17)19-5-6-29-26-20(19)11-23(31-26)25-24-22(32-33-25)4-3-21(30-24)15-9-18(35-2)13-28-12-15/h3-13H,1-2H3,(H,29,31)(H,32,33). The third-order valence-corrected chi connectivity index (χ3v) is 5.86. The number of methoxy groups -OCH3 is 2. The van der Waals surface area contributed by atoms with E-state index < -0.39 is 0 Å². The highest BCUT2D eigenvalue weighted by Gasteiger charge is 2.17. The molecule has 0 radical (unpaired) electrons. The van der Waals surface area contributed by atoms with E-state index in [0.29, 0.717) is 33.9 Å². The van der Waals surface area contributed by atoms with Gasteiger partial charge in [0.25, 0.3) is 0 Å². The molecule has 6 rings (SSSR count). The third kappa shape index (κ3) is 3.63. The lowest BCUT2D eigenvalue weighted by atomic mass is 10.0. The number of hydrogen-bond acceptors (Lipinski definition) is 6. The first-order valence-corrected chi connectivity index (χ1v) is 10.8. The number of nitrogens with zero attached hydrogens (tertiary/aromatic N) is 4. The van der Waals surface area contributed by atoms with Crippen LogP contribution in [0.4, 0.5) is 4.39 Å². The molecule has 1 aromatic carbocycles. The quantitative estimate of drug-likeness (QED) is 0.353. The van der Waals surface area contributed by atoms with E-state index in [1.165, 1.54) is 19.2 Å². The minimum Gasteiger partial charge on any atom is -0.497 e. The van der Waals surface area contributed by atoms with E-state index in [0.717, 1.165) is 33.4 Å². The lowest BCUT2D eigenvalue weighted by Gasteiger charge is -2.06. The number of hydrogen-bond donors (Lipinski definition) is 2. The first kappa shape index (κ1) is 20.8. The van der Waals surface area contributed by atoms with Gasteiger partial charge in [-0.25, -0.2) is 14.4 Å². The summed E-state index contributed by atoms with van der Waals surface area (Å²) in [5, 5.41) is 8.38. The van der Waals surface area contributed by atoms with Crippen molar-refractivity contribution in [2.45, 2.75) is 0 Å². The highest BCUT2D eigenvalue weighted by Crippen LogP contribution is 2.35. The number of aromatic nitrogens is 6. The molecule has 0 saturated carbocycles. The van der Waals surface area contributed by atoms with Gasteiger partial charge in [-0.3, -0.25) is 10.1 Å². The van der Waals surface area contributed by atoms with Gasteiger partial charge in [-0.1, -0.05) is 0 Å². The summed E-state index contributed by atoms with van der Waals surface area (Å²) in [5.41, 5.74) is 6.63. The number of halogens is 1. The molecule has 0 spiro atoms. The number of benzene rings is 1. The topological polar surface area (TPSA) is 102 Å². The molecule has 0 bridgehead atoms. The van der Waals surface area contributed by atoms with Crippen molar-refractivity contribution in [3.63, 3.8) is 0 Å². The zero-order valence-electron chi connectivity index (χ0n) is 18.8. The van der Waals surface area contributed by atoms with Gasteiger partial charge >= 0.3 is 0 Å². The van der Waals surface area contributed by atoms with Crippen molar-refractivity contribution in [1.82, 2.24) is 30.1 Å². The van der Waals surface area contributed by atoms with Gasteiger partial charge in [0, 0.05) is 29.4 Å². The van der Waals surface area contributed by atoms with Crippen LogP contribution in [0.1, 0.15) is 0 Å². The smallest absolute Gasteiger partial charge is 0.138 e. The van der Waals surface area contributed by atoms with E-state index >= 15 is 0 Å². The van der Waals surface area contributed by atoms with Crippen LogP contribution in [-0.2, 0) is 0 Å². The van der Waals surface area contributed by atoms with E-state index in [2.05, 4.69) is 25.1 Å². The maximum atomic E-state index is 14.2. The van der Waals surface area contributed by atoms with E-state index in [-0.39, 0.29) is 5.82 Å². The average molecular weight is 466 g/mol. The fourth-order valence-corrected chi connectivity index (χ4v) is 4.16. The second-order valence-corrected chi connectivity index (χ2v) is 7.96. The Balaban J connectivity index is 1.48. The summed E-state index contributed by atoms with van der Waals surface area (Å²) in [6.45, 7) is 0. The van der Waals surface area contributed by atoms with E-state index in [9.17, 15) is 4.39 Å². The van der Waals surface area contributed by atoms with Crippen molar-refractivity contribution in [3.8, 4) is 45.3 Å². The Bertz CT molecular complexity index is 1710. The number of ether oxygens (including phenoxy) is 2. The molecule has 0 atom stereocenters. The van der Waals surface area contributed by atoms with Crippen molar-refractivity contribution < 1.29 is 13.9 Å². The monoisotopic (exact) mass is 466 g/mol. The van der Waals surface area contributed by atoms with Gasteiger partial charge in [0.2, 0.25) is 0 Å². The fraction of sp³-hybridized carbons (Fsp3) is 0.0769. The van der Waals surface area contributed by atoms with Crippen molar-refractivity contribution in [3.05, 3.63) is 72.9 Å². The van der Waals surface area contributed by atoms with Crippen molar-refractivity contribution in [2.75, 3.05) is 14.2 Å². The molecule has 8 nitrogen and oxygen atoms in total. The summed E-state index contributed by atoms with van der Waals surface area (Å²) in [6, 6.07) is 14.1. The van der Waals surface area contributed by atoms with Crippen LogP contribution < -0.4 is 9.47 Å². The summed E-state index contributed by atoms with van der Waals surface area (Å²) >= 11 is 0. The second kappa shape index (κ2) is 8.21. The van der Waals surface area contributed by atoms with Crippen LogP contribution in [0.2, 0.25) is 0 Å². The maximum Gasteiger partial charge on any atom is 0.138 e. The predicted octanol–water partition coefficient (Wildman–Crippen LogP) is 5.39. The number of fused-ring (bicyclic) bond motifs is 2. The molecule has 0 amide bonds. The van der Waals surface area contributed by atoms with Crippen LogP contribution in [0.25, 0.3) is 55.8 Å². The molecular formula is C26H19FN6O2. The van der Waals surface area contributed by atoms with Crippen molar-refractivity contribution in [2.24, 2.45) is 0 Å². The van der Waals surface area contributed by atoms with Gasteiger partial charge in [-0.2, -0.15) is 5.10 Å². The molecule has 5 aromatic heterocycles. The Labute approximate surface area is 198 Å². The van der Waals surface area contributed by atoms with Gasteiger partial charge in [-0.05, 0) is 53.6 Å². The molecule has 172 valence electrons. The van der Waals surface area contributed by atoms with E-state index in [1.807, 2.05) is 30.3 Å². The molecule has 0 saturated heterocycles. The van der Waals surface area contributed by atoms with Crippen LogP contribution in [0.3, 0.4) is 0 Å². The number of rotatable bonds is 5. The first-order chi connectivity index (χ1) is 17.1. The Morgan fingerprint density at radius 2 is 1.74 bits per heavy atom. The molecule has 0 fully saturated rings. The van der Waals surface area contributed by atoms with Crippen LogP contribution in [0, 0.1) is 5.82 Å². The van der Waals surface area contributed by atoms with E-state index in [1.54, 1.807) is 31.8 Å². The van der Waals surface area contributed by atoms with E-state index in [4.69, 9.17) is 14.5 Å². The fourth-order valence-electron chi connectivity index (χ4n) is 4.16. The molecule has 9 heteroatoms. The third-order valence-electron chi connectivity index (χ3n) is 5.86. The summed E-state index contributed by atoms with van der Waals surface area (Å²) in [5.74, 6) is 0.727. The second-order valence-electron chi connectivity index (χ2n) is 7.96. The Kier molecular flexibility index (Phi) is 4.88. The largest absolute Gasteiger partial charge is 0.497 e. The number of pyridine rings is 3. The van der Waals surface area contributed by atoms with Crippen LogP contribution in [0.15, 0.2) is 67.1 Å². The molecule has 6 aromatic rings. The normalized spacial score (nSPS) is 11.3. The summed E-state index contributed by atoms with van der Waals surface area (Å²) < 4.78 is 24.7. The number of aromatic amines is 2. The Hall–Kier alpha value is -4.79. The molecule has 0 aliphatic rings. The molecule has 2 N–H and O–H groups in total. The van der Waals surface area contributed by atoms with Crippen molar-refractivity contribution in [1.29, 1.82) is 0 Å². The number of H-pyrrole nitrogens is 2. The molecule has 0 aliphatic heterocycles. The molecule has 0 aliphatic carbocycles. The van der Waals surface area contributed by atoms with Gasteiger partial charge in [-0.15, -0.1) is 0 Å². The molecule has 35 heavy (non-hydrogen) atoms. The lowest BCUT2D eigenvalue weighted by molar-refractivity contribution is 0.411. The maximum absolute atomic E-state index is 14.2.